The molecule has 2 aromatic carbocycles. The van der Waals surface area contributed by atoms with Crippen LogP contribution in [0, 0.1) is 0 Å². The molecule has 1 aliphatic heterocycles. The van der Waals surface area contributed by atoms with Crippen LogP contribution in [0.2, 0.25) is 0 Å². The van der Waals surface area contributed by atoms with Crippen LogP contribution in [-0.4, -0.2) is 71.0 Å². The fraction of sp³-hybridized carbons (Fsp3) is 0.480. The molecule has 0 bridgehead atoms. The molecular weight excluding hydrogens is 374 g/mol. The predicted octanol–water partition coefficient (Wildman–Crippen LogP) is 3.99. The summed E-state index contributed by atoms with van der Waals surface area (Å²) in [6, 6.07) is 16.1. The Kier molecular flexibility index (Phi) is 7.16. The quantitative estimate of drug-likeness (QED) is 0.784. The van der Waals surface area contributed by atoms with E-state index in [9.17, 15) is 9.90 Å². The lowest BCUT2D eigenvalue weighted by atomic mass is 9.90. The summed E-state index contributed by atoms with van der Waals surface area (Å²) in [5.74, 6) is 0.315. The Morgan fingerprint density at radius 3 is 2.43 bits per heavy atom. The number of phenols is 1. The Hall–Kier alpha value is -2.37. The molecule has 0 saturated carbocycles. The number of hydrogen-bond donors (Lipinski definition) is 1. The summed E-state index contributed by atoms with van der Waals surface area (Å²) in [5, 5.41) is 10.2. The average molecular weight is 410 g/mol. The van der Waals surface area contributed by atoms with Gasteiger partial charge in [0.15, 0.2) is 0 Å². The number of hydrogen-bond acceptors (Lipinski definition) is 4. The monoisotopic (exact) mass is 409 g/mol. The van der Waals surface area contributed by atoms with E-state index in [-0.39, 0.29) is 17.7 Å². The van der Waals surface area contributed by atoms with E-state index in [0.29, 0.717) is 25.2 Å². The van der Waals surface area contributed by atoms with Gasteiger partial charge in [0, 0.05) is 43.8 Å². The second-order valence-electron chi connectivity index (χ2n) is 8.40. The Labute approximate surface area is 180 Å². The van der Waals surface area contributed by atoms with Crippen molar-refractivity contribution in [2.24, 2.45) is 0 Å². The Morgan fingerprint density at radius 1 is 1.07 bits per heavy atom. The number of nitrogens with zero attached hydrogens (tertiary/aromatic N) is 3. The SMILES string of the molecule is CCN(CC)C(=O)c1ccccc1[C@@H](c1cccc(O)c1)N1C[C@H](C)N(C)C[C@@H]1C. The normalized spacial score (nSPS) is 21.4. The van der Waals surface area contributed by atoms with Crippen molar-refractivity contribution in [3.63, 3.8) is 0 Å². The molecular formula is C25H35N3O2. The molecule has 0 unspecified atom stereocenters. The number of amides is 1. The number of phenolic OH excluding ortho intramolecular Hbond substituents is 1. The first kappa shape index (κ1) is 22.3. The van der Waals surface area contributed by atoms with E-state index in [1.54, 1.807) is 6.07 Å². The number of likely N-dealkylation sites (N-methyl/N-ethyl adjacent to an activating group) is 1. The van der Waals surface area contributed by atoms with Crippen LogP contribution in [-0.2, 0) is 0 Å². The van der Waals surface area contributed by atoms with Gasteiger partial charge >= 0.3 is 0 Å². The zero-order valence-corrected chi connectivity index (χ0v) is 18.9. The highest BCUT2D eigenvalue weighted by atomic mass is 16.3. The summed E-state index contributed by atoms with van der Waals surface area (Å²) >= 11 is 0. The zero-order chi connectivity index (χ0) is 21.8. The van der Waals surface area contributed by atoms with Crippen molar-refractivity contribution in [3.8, 4) is 5.75 Å². The van der Waals surface area contributed by atoms with Crippen LogP contribution in [0.1, 0.15) is 55.2 Å². The molecule has 1 fully saturated rings. The minimum atomic E-state index is -0.0982. The summed E-state index contributed by atoms with van der Waals surface area (Å²) in [4.78, 5) is 20.1. The first-order valence-electron chi connectivity index (χ1n) is 11.0. The van der Waals surface area contributed by atoms with Gasteiger partial charge in [-0.25, -0.2) is 0 Å². The van der Waals surface area contributed by atoms with Gasteiger partial charge in [-0.05, 0) is 64.1 Å². The van der Waals surface area contributed by atoms with Crippen molar-refractivity contribution < 1.29 is 9.90 Å². The molecule has 0 aromatic heterocycles. The minimum absolute atomic E-state index is 0.0654. The number of rotatable bonds is 6. The minimum Gasteiger partial charge on any atom is -0.508 e. The molecule has 2 aromatic rings. The largest absolute Gasteiger partial charge is 0.508 e. The molecule has 162 valence electrons. The lowest BCUT2D eigenvalue weighted by molar-refractivity contribution is 0.0384. The van der Waals surface area contributed by atoms with Crippen LogP contribution in [0.3, 0.4) is 0 Å². The molecule has 0 radical (unpaired) electrons. The van der Waals surface area contributed by atoms with Crippen molar-refractivity contribution in [1.82, 2.24) is 14.7 Å². The Bertz CT molecular complexity index is 865. The maximum absolute atomic E-state index is 13.4. The summed E-state index contributed by atoms with van der Waals surface area (Å²) in [6.45, 7) is 11.7. The third-order valence-electron chi connectivity index (χ3n) is 6.40. The van der Waals surface area contributed by atoms with Crippen LogP contribution < -0.4 is 0 Å². The lowest BCUT2D eigenvalue weighted by Crippen LogP contribution is -2.56. The summed E-state index contributed by atoms with van der Waals surface area (Å²) in [5.41, 5.74) is 2.76. The number of carbonyl (C=O) groups is 1. The molecule has 1 N–H and O–H groups in total. The van der Waals surface area contributed by atoms with Crippen LogP contribution in [0.5, 0.6) is 5.75 Å². The van der Waals surface area contributed by atoms with Gasteiger partial charge in [-0.1, -0.05) is 30.3 Å². The average Bonchev–Trinajstić information content (AvgIpc) is 2.73. The van der Waals surface area contributed by atoms with Crippen molar-refractivity contribution in [2.45, 2.75) is 45.8 Å². The number of piperazine rings is 1. The highest BCUT2D eigenvalue weighted by Crippen LogP contribution is 2.36. The number of benzene rings is 2. The standard InChI is InChI=1S/C25H35N3O2/c1-6-27(7-2)25(30)23-14-9-8-13-22(23)24(20-11-10-12-21(29)15-20)28-17-18(3)26(5)16-19(28)4/h8-15,18-19,24,29H,6-7,16-17H2,1-5H3/t18-,19-,24+/m0/s1. The smallest absolute Gasteiger partial charge is 0.254 e. The van der Waals surface area contributed by atoms with Gasteiger partial charge in [-0.15, -0.1) is 0 Å². The highest BCUT2D eigenvalue weighted by molar-refractivity contribution is 5.96. The molecule has 0 aliphatic carbocycles. The van der Waals surface area contributed by atoms with E-state index in [2.05, 4.69) is 42.8 Å². The third-order valence-corrected chi connectivity index (χ3v) is 6.40. The first-order chi connectivity index (χ1) is 14.4. The van der Waals surface area contributed by atoms with Gasteiger partial charge in [0.1, 0.15) is 5.75 Å². The van der Waals surface area contributed by atoms with E-state index in [1.807, 2.05) is 49.1 Å². The van der Waals surface area contributed by atoms with Gasteiger partial charge in [-0.2, -0.15) is 0 Å². The number of aromatic hydroxyl groups is 1. The molecule has 0 spiro atoms. The van der Waals surface area contributed by atoms with E-state index in [4.69, 9.17) is 0 Å². The predicted molar refractivity (Wildman–Crippen MR) is 122 cm³/mol. The van der Waals surface area contributed by atoms with Crippen molar-refractivity contribution >= 4 is 5.91 Å². The summed E-state index contributed by atoms with van der Waals surface area (Å²) in [6.07, 6.45) is 0. The molecule has 5 nitrogen and oxygen atoms in total. The molecule has 1 amide bonds. The maximum atomic E-state index is 13.4. The molecule has 5 heteroatoms. The fourth-order valence-electron chi connectivity index (χ4n) is 4.54. The van der Waals surface area contributed by atoms with E-state index < -0.39 is 0 Å². The fourth-order valence-corrected chi connectivity index (χ4v) is 4.54. The van der Waals surface area contributed by atoms with E-state index >= 15 is 0 Å². The van der Waals surface area contributed by atoms with Crippen molar-refractivity contribution in [3.05, 3.63) is 65.2 Å². The molecule has 3 rings (SSSR count). The summed E-state index contributed by atoms with van der Waals surface area (Å²) in [7, 11) is 2.17. The topological polar surface area (TPSA) is 47.0 Å². The molecule has 1 saturated heterocycles. The van der Waals surface area contributed by atoms with Gasteiger partial charge in [0.05, 0.1) is 6.04 Å². The van der Waals surface area contributed by atoms with Crippen LogP contribution >= 0.6 is 0 Å². The Morgan fingerprint density at radius 2 is 1.77 bits per heavy atom. The summed E-state index contributed by atoms with van der Waals surface area (Å²) < 4.78 is 0. The third kappa shape index (κ3) is 4.52. The van der Waals surface area contributed by atoms with Crippen LogP contribution in [0.25, 0.3) is 0 Å². The van der Waals surface area contributed by atoms with E-state index in [1.165, 1.54) is 0 Å². The maximum Gasteiger partial charge on any atom is 0.254 e. The molecule has 30 heavy (non-hydrogen) atoms. The van der Waals surface area contributed by atoms with Gasteiger partial charge in [0.2, 0.25) is 0 Å². The Balaban J connectivity index is 2.14. The molecule has 1 heterocycles. The van der Waals surface area contributed by atoms with E-state index in [0.717, 1.165) is 29.8 Å². The second-order valence-corrected chi connectivity index (χ2v) is 8.40. The van der Waals surface area contributed by atoms with Gasteiger partial charge in [-0.3, -0.25) is 9.69 Å². The lowest BCUT2D eigenvalue weighted by Gasteiger charge is -2.46. The van der Waals surface area contributed by atoms with Crippen LogP contribution in [0.4, 0.5) is 0 Å². The van der Waals surface area contributed by atoms with Crippen molar-refractivity contribution in [2.75, 3.05) is 33.2 Å². The molecule has 3 atom stereocenters. The molecule has 1 aliphatic rings. The zero-order valence-electron chi connectivity index (χ0n) is 18.9. The highest BCUT2D eigenvalue weighted by Gasteiger charge is 2.35. The van der Waals surface area contributed by atoms with Crippen molar-refractivity contribution in [1.29, 1.82) is 0 Å². The van der Waals surface area contributed by atoms with Gasteiger partial charge in [0.25, 0.3) is 5.91 Å². The number of carbonyl (C=O) groups excluding carboxylic acids is 1. The van der Waals surface area contributed by atoms with Crippen LogP contribution in [0.15, 0.2) is 48.5 Å². The first-order valence-corrected chi connectivity index (χ1v) is 11.0. The van der Waals surface area contributed by atoms with Gasteiger partial charge < -0.3 is 14.9 Å². The second kappa shape index (κ2) is 9.63.